The van der Waals surface area contributed by atoms with Gasteiger partial charge in [-0.2, -0.15) is 5.10 Å². The van der Waals surface area contributed by atoms with Crippen molar-refractivity contribution in [2.45, 2.75) is 0 Å². The molecule has 0 fully saturated rings. The first-order valence-corrected chi connectivity index (χ1v) is 4.55. The Morgan fingerprint density at radius 1 is 1.62 bits per heavy atom. The van der Waals surface area contributed by atoms with E-state index in [1.165, 1.54) is 20.4 Å². The Morgan fingerprint density at radius 3 is 3.06 bits per heavy atom. The minimum Gasteiger partial charge on any atom is -0.274 e. The summed E-state index contributed by atoms with van der Waals surface area (Å²) in [6, 6.07) is 1.64. The van der Waals surface area contributed by atoms with Crippen molar-refractivity contribution >= 4 is 30.2 Å². The number of pyridine rings is 1. The highest BCUT2D eigenvalue weighted by molar-refractivity contribution is 6.33. The third-order valence-electron chi connectivity index (χ3n) is 2.20. The highest BCUT2D eigenvalue weighted by atomic mass is 16.7. The topological polar surface area (TPSA) is 71.1 Å². The first kappa shape index (κ1) is 10.6. The molecule has 0 aliphatic heterocycles. The number of hydroxylamine groups is 2. The minimum absolute atomic E-state index is 0.305. The van der Waals surface area contributed by atoms with Crippen LogP contribution in [-0.4, -0.2) is 48.2 Å². The molecule has 1 N–H and O–H groups in total. The van der Waals surface area contributed by atoms with Gasteiger partial charge < -0.3 is 0 Å². The molecule has 2 aromatic rings. The molecule has 2 heterocycles. The Balaban J connectivity index is 2.53. The maximum absolute atomic E-state index is 11.8. The van der Waals surface area contributed by atoms with Gasteiger partial charge in [-0.15, -0.1) is 0 Å². The molecule has 2 aromatic heterocycles. The quantitative estimate of drug-likeness (QED) is 0.536. The number of aromatic nitrogens is 3. The standard InChI is InChI=1S/C9H9BN4O2/c1-14(16-2)9(15)7-6-3-5(10)4-11-8(6)13-12-7/h3-4H,1-2H3,(H,11,12,13). The molecule has 1 amide bonds. The van der Waals surface area contributed by atoms with Crippen LogP contribution in [0.4, 0.5) is 0 Å². The predicted molar refractivity (Wildman–Crippen MR) is 58.4 cm³/mol. The molecule has 16 heavy (non-hydrogen) atoms. The molecule has 0 aromatic carbocycles. The molecule has 0 atom stereocenters. The van der Waals surface area contributed by atoms with Crippen LogP contribution in [0.5, 0.6) is 0 Å². The van der Waals surface area contributed by atoms with Gasteiger partial charge in [-0.25, -0.2) is 10.0 Å². The van der Waals surface area contributed by atoms with E-state index in [0.717, 1.165) is 5.06 Å². The number of carbonyl (C=O) groups excluding carboxylic acids is 1. The third kappa shape index (κ3) is 1.65. The lowest BCUT2D eigenvalue weighted by Gasteiger charge is -2.11. The molecule has 2 rings (SSSR count). The van der Waals surface area contributed by atoms with Crippen LogP contribution >= 0.6 is 0 Å². The zero-order valence-electron chi connectivity index (χ0n) is 8.89. The number of fused-ring (bicyclic) bond motifs is 1. The summed E-state index contributed by atoms with van der Waals surface area (Å²) >= 11 is 0. The zero-order valence-corrected chi connectivity index (χ0v) is 8.89. The Labute approximate surface area is 93.0 Å². The third-order valence-corrected chi connectivity index (χ3v) is 2.20. The second kappa shape index (κ2) is 3.94. The van der Waals surface area contributed by atoms with Crippen LogP contribution in [0.2, 0.25) is 0 Å². The summed E-state index contributed by atoms with van der Waals surface area (Å²) in [4.78, 5) is 20.6. The van der Waals surface area contributed by atoms with E-state index < -0.39 is 0 Å². The van der Waals surface area contributed by atoms with E-state index in [9.17, 15) is 4.79 Å². The van der Waals surface area contributed by atoms with Gasteiger partial charge in [-0.05, 0) is 0 Å². The Hall–Kier alpha value is -1.89. The SMILES string of the molecule is [B]c1cnc2n[nH]c(C(=O)N(C)OC)c2c1. The number of nitrogens with one attached hydrogen (secondary N) is 1. The smallest absolute Gasteiger partial charge is 0.274 e. The minimum atomic E-state index is -0.336. The van der Waals surface area contributed by atoms with Gasteiger partial charge in [-0.3, -0.25) is 14.7 Å². The second-order valence-electron chi connectivity index (χ2n) is 3.22. The molecule has 0 aliphatic rings. The van der Waals surface area contributed by atoms with Crippen molar-refractivity contribution in [2.75, 3.05) is 14.2 Å². The zero-order chi connectivity index (χ0) is 11.7. The molecule has 80 valence electrons. The lowest BCUT2D eigenvalue weighted by Crippen LogP contribution is -2.26. The van der Waals surface area contributed by atoms with E-state index >= 15 is 0 Å². The van der Waals surface area contributed by atoms with E-state index in [2.05, 4.69) is 15.2 Å². The summed E-state index contributed by atoms with van der Waals surface area (Å²) in [6.07, 6.45) is 1.48. The van der Waals surface area contributed by atoms with Gasteiger partial charge in [0.2, 0.25) is 0 Å². The van der Waals surface area contributed by atoms with Crippen LogP contribution in [0.3, 0.4) is 0 Å². The number of amides is 1. The molecule has 7 heteroatoms. The molecule has 0 bridgehead atoms. The predicted octanol–water partition coefficient (Wildman–Crippen LogP) is -0.615. The number of aromatic amines is 1. The van der Waals surface area contributed by atoms with Gasteiger partial charge in [0.15, 0.2) is 5.65 Å². The van der Waals surface area contributed by atoms with Crippen LogP contribution in [0.1, 0.15) is 10.5 Å². The number of nitrogens with zero attached hydrogens (tertiary/aromatic N) is 3. The lowest BCUT2D eigenvalue weighted by molar-refractivity contribution is -0.0759. The fourth-order valence-electron chi connectivity index (χ4n) is 1.32. The summed E-state index contributed by atoms with van der Waals surface area (Å²) in [6.45, 7) is 0. The lowest BCUT2D eigenvalue weighted by atomic mass is 9.97. The van der Waals surface area contributed by atoms with E-state index in [4.69, 9.17) is 12.7 Å². The molecule has 2 radical (unpaired) electrons. The molecular weight excluding hydrogens is 207 g/mol. The molecular formula is C9H9BN4O2. The highest BCUT2D eigenvalue weighted by Gasteiger charge is 2.17. The Kier molecular flexibility index (Phi) is 2.61. The summed E-state index contributed by atoms with van der Waals surface area (Å²) in [7, 11) is 8.51. The van der Waals surface area contributed by atoms with Gasteiger partial charge in [0.05, 0.1) is 12.5 Å². The van der Waals surface area contributed by atoms with E-state index in [-0.39, 0.29) is 5.91 Å². The summed E-state index contributed by atoms with van der Waals surface area (Å²) < 4.78 is 0. The van der Waals surface area contributed by atoms with Crippen molar-refractivity contribution in [1.82, 2.24) is 20.2 Å². The van der Waals surface area contributed by atoms with Gasteiger partial charge in [0.25, 0.3) is 5.91 Å². The monoisotopic (exact) mass is 216 g/mol. The normalized spacial score (nSPS) is 10.6. The summed E-state index contributed by atoms with van der Waals surface area (Å²) in [5.74, 6) is -0.336. The molecule has 0 aliphatic carbocycles. The van der Waals surface area contributed by atoms with Gasteiger partial charge in [0.1, 0.15) is 13.5 Å². The number of hydrogen-bond donors (Lipinski definition) is 1. The molecule has 0 saturated heterocycles. The van der Waals surface area contributed by atoms with Crippen molar-refractivity contribution < 1.29 is 9.63 Å². The number of rotatable bonds is 2. The van der Waals surface area contributed by atoms with E-state index in [0.29, 0.717) is 22.2 Å². The second-order valence-corrected chi connectivity index (χ2v) is 3.22. The molecule has 6 nitrogen and oxygen atoms in total. The molecule has 0 spiro atoms. The fraction of sp³-hybridized carbons (Fsp3) is 0.222. The van der Waals surface area contributed by atoms with Gasteiger partial charge >= 0.3 is 0 Å². The highest BCUT2D eigenvalue weighted by Crippen LogP contribution is 2.13. The van der Waals surface area contributed by atoms with E-state index in [1.54, 1.807) is 6.07 Å². The molecule has 0 unspecified atom stereocenters. The van der Waals surface area contributed by atoms with Crippen LogP contribution in [0, 0.1) is 0 Å². The van der Waals surface area contributed by atoms with Crippen molar-refractivity contribution in [2.24, 2.45) is 0 Å². The van der Waals surface area contributed by atoms with Crippen molar-refractivity contribution in [3.8, 4) is 0 Å². The van der Waals surface area contributed by atoms with Crippen molar-refractivity contribution in [3.63, 3.8) is 0 Å². The van der Waals surface area contributed by atoms with Gasteiger partial charge in [0, 0.05) is 13.2 Å². The Bertz CT molecular complexity index is 539. The van der Waals surface area contributed by atoms with E-state index in [1.807, 2.05) is 0 Å². The van der Waals surface area contributed by atoms with Crippen molar-refractivity contribution in [3.05, 3.63) is 18.0 Å². The summed E-state index contributed by atoms with van der Waals surface area (Å²) in [5, 5.41) is 8.19. The molecule has 0 saturated carbocycles. The number of carbonyl (C=O) groups is 1. The summed E-state index contributed by atoms with van der Waals surface area (Å²) in [5.41, 5.74) is 1.23. The van der Waals surface area contributed by atoms with Crippen LogP contribution in [0.15, 0.2) is 12.3 Å². The maximum atomic E-state index is 11.8. The first-order chi connectivity index (χ1) is 7.63. The average Bonchev–Trinajstić information content (AvgIpc) is 2.69. The largest absolute Gasteiger partial charge is 0.295 e. The van der Waals surface area contributed by atoms with Crippen LogP contribution in [0.25, 0.3) is 11.0 Å². The fourth-order valence-corrected chi connectivity index (χ4v) is 1.32. The number of H-pyrrole nitrogens is 1. The maximum Gasteiger partial charge on any atom is 0.295 e. The van der Waals surface area contributed by atoms with Gasteiger partial charge in [-0.1, -0.05) is 11.5 Å². The van der Waals surface area contributed by atoms with Crippen LogP contribution < -0.4 is 5.46 Å². The first-order valence-electron chi connectivity index (χ1n) is 4.55. The average molecular weight is 216 g/mol. The number of hydrogen-bond acceptors (Lipinski definition) is 4. The Morgan fingerprint density at radius 2 is 2.38 bits per heavy atom. The van der Waals surface area contributed by atoms with Crippen LogP contribution in [-0.2, 0) is 4.84 Å². The van der Waals surface area contributed by atoms with Crippen molar-refractivity contribution in [1.29, 1.82) is 0 Å².